The first-order chi connectivity index (χ1) is 33.2. The van der Waals surface area contributed by atoms with Crippen LogP contribution in [-0.2, 0) is 28.7 Å². The average Bonchev–Trinajstić information content (AvgIpc) is 3.39. The lowest BCUT2D eigenvalue weighted by Gasteiger charge is -2.26. The van der Waals surface area contributed by atoms with E-state index in [0.717, 1.165) is 150 Å². The van der Waals surface area contributed by atoms with E-state index in [1.54, 1.807) is 14.2 Å². The number of carbonyl (C=O) groups is 4. The van der Waals surface area contributed by atoms with Crippen LogP contribution < -0.4 is 28.4 Å². The quantitative estimate of drug-likeness (QED) is 0.0230. The predicted molar refractivity (Wildman–Crippen MR) is 265 cm³/mol. The molecule has 0 radical (unpaired) electrons. The van der Waals surface area contributed by atoms with Crippen LogP contribution in [-0.4, -0.2) is 84.6 Å². The minimum absolute atomic E-state index is 0.221. The van der Waals surface area contributed by atoms with Gasteiger partial charge >= 0.3 is 11.9 Å². The number of ether oxygens (including phenoxy) is 8. The maximum atomic E-state index is 10.9. The zero-order chi connectivity index (χ0) is 49.0. The van der Waals surface area contributed by atoms with Crippen molar-refractivity contribution in [1.29, 1.82) is 5.41 Å². The Morgan fingerprint density at radius 3 is 1.28 bits per heavy atom. The number of methoxy groups -OCH3 is 2. The third-order valence-electron chi connectivity index (χ3n) is 11.8. The average molecular weight is 942 g/mol. The Morgan fingerprint density at radius 1 is 0.515 bits per heavy atom. The molecule has 3 aromatic rings. The van der Waals surface area contributed by atoms with Crippen LogP contribution in [0.15, 0.2) is 92.0 Å². The summed E-state index contributed by atoms with van der Waals surface area (Å²) >= 11 is 0. The second-order valence-electron chi connectivity index (χ2n) is 16.9. The van der Waals surface area contributed by atoms with Gasteiger partial charge in [-0.2, -0.15) is 0 Å². The Bertz CT molecular complexity index is 1800. The molecule has 0 unspecified atom stereocenters. The molecule has 0 saturated heterocycles. The van der Waals surface area contributed by atoms with Crippen LogP contribution in [0.4, 0.5) is 0 Å². The Morgan fingerprint density at radius 2 is 0.897 bits per heavy atom. The molecule has 0 heterocycles. The number of hydrogen-bond donors (Lipinski definition) is 1. The van der Waals surface area contributed by atoms with Gasteiger partial charge in [-0.25, -0.2) is 9.59 Å². The van der Waals surface area contributed by atoms with Gasteiger partial charge in [-0.05, 0) is 181 Å². The predicted octanol–water partition coefficient (Wildman–Crippen LogP) is 11.2. The molecule has 0 atom stereocenters. The van der Waals surface area contributed by atoms with Crippen LogP contribution >= 0.6 is 0 Å². The van der Waals surface area contributed by atoms with Gasteiger partial charge in [-0.15, -0.1) is 0 Å². The topological polar surface area (TPSA) is 166 Å². The maximum absolute atomic E-state index is 10.9. The first-order valence-corrected chi connectivity index (χ1v) is 24.2. The number of esters is 2. The summed E-state index contributed by atoms with van der Waals surface area (Å²) in [5.41, 5.74) is 0.726. The van der Waals surface area contributed by atoms with Gasteiger partial charge in [0, 0.05) is 35.8 Å². The summed E-state index contributed by atoms with van der Waals surface area (Å²) in [6.07, 6.45) is 21.7. The zero-order valence-corrected chi connectivity index (χ0v) is 40.4. The normalized spacial score (nSPS) is 17.1. The van der Waals surface area contributed by atoms with Crippen molar-refractivity contribution in [3.05, 3.63) is 97.6 Å². The molecule has 3 aromatic carbocycles. The molecule has 5 rings (SSSR count). The van der Waals surface area contributed by atoms with Gasteiger partial charge < -0.3 is 52.9 Å². The van der Waals surface area contributed by atoms with E-state index in [1.807, 2.05) is 66.7 Å². The number of benzene rings is 3. The molecule has 13 nitrogen and oxygen atoms in total. The molecule has 2 aliphatic rings. The fourth-order valence-corrected chi connectivity index (χ4v) is 7.57. The minimum atomic E-state index is -0.354. The van der Waals surface area contributed by atoms with Gasteiger partial charge in [0.2, 0.25) is 0 Å². The second-order valence-corrected chi connectivity index (χ2v) is 16.9. The van der Waals surface area contributed by atoms with Gasteiger partial charge in [-0.1, -0.05) is 13.2 Å². The molecular formula is C55H75NO12. The largest absolute Gasteiger partial charge is 0.497 e. The van der Waals surface area contributed by atoms with Gasteiger partial charge in [0.15, 0.2) is 0 Å². The number of unbranched alkanes of at least 4 members (excludes halogenated alkanes) is 6. The van der Waals surface area contributed by atoms with Crippen molar-refractivity contribution in [3.63, 3.8) is 0 Å². The van der Waals surface area contributed by atoms with Crippen molar-refractivity contribution < 1.29 is 57.1 Å². The number of rotatable bonds is 29. The highest BCUT2D eigenvalue weighted by molar-refractivity contribution is 5.82. The Kier molecular flexibility index (Phi) is 29.0. The molecule has 0 amide bonds. The Balaban J connectivity index is 0.000000277. The van der Waals surface area contributed by atoms with E-state index in [1.165, 1.54) is 18.4 Å². The highest BCUT2D eigenvalue weighted by Gasteiger charge is 2.23. The molecular weight excluding hydrogens is 867 g/mol. The lowest BCUT2D eigenvalue weighted by Crippen LogP contribution is -2.21. The van der Waals surface area contributed by atoms with E-state index >= 15 is 0 Å². The van der Waals surface area contributed by atoms with Gasteiger partial charge in [0.25, 0.3) is 0 Å². The van der Waals surface area contributed by atoms with Crippen LogP contribution in [0.2, 0.25) is 0 Å². The molecule has 372 valence electrons. The van der Waals surface area contributed by atoms with Gasteiger partial charge in [-0.3, -0.25) is 0 Å². The highest BCUT2D eigenvalue weighted by Crippen LogP contribution is 2.31. The number of hydrogen-bond acceptors (Lipinski definition) is 13. The van der Waals surface area contributed by atoms with E-state index in [-0.39, 0.29) is 23.8 Å². The molecule has 13 heteroatoms. The van der Waals surface area contributed by atoms with Crippen molar-refractivity contribution >= 4 is 30.7 Å². The van der Waals surface area contributed by atoms with E-state index < -0.39 is 0 Å². The summed E-state index contributed by atoms with van der Waals surface area (Å²) in [5, 5.41) is 7.69. The van der Waals surface area contributed by atoms with Crippen LogP contribution in [0, 0.1) is 29.1 Å². The van der Waals surface area contributed by atoms with Crippen molar-refractivity contribution in [3.8, 4) is 34.5 Å². The Hall–Kier alpha value is -6.11. The SMILES string of the molecule is C=CC(=O)OCCCCCCOc1ccc(OC)cc1.C=CC(=O)OCCCCCCOc1ccc(OC)cc1.N=Cc1cc(OCC2CCC(C=O)CC2)ccc1OCC1CCC(C=O)CC1. The molecule has 2 aliphatic carbocycles. The molecule has 0 spiro atoms. The van der Waals surface area contributed by atoms with Crippen LogP contribution in [0.25, 0.3) is 0 Å². The lowest BCUT2D eigenvalue weighted by molar-refractivity contribution is -0.138. The number of nitrogens with one attached hydrogen (secondary N) is 1. The third kappa shape index (κ3) is 24.1. The molecule has 0 aliphatic heterocycles. The zero-order valence-electron chi connectivity index (χ0n) is 40.4. The first kappa shape index (κ1) is 56.2. The van der Waals surface area contributed by atoms with Gasteiger partial charge in [0.05, 0.1) is 53.9 Å². The van der Waals surface area contributed by atoms with E-state index in [9.17, 15) is 19.2 Å². The Labute approximate surface area is 404 Å². The summed E-state index contributed by atoms with van der Waals surface area (Å²) in [5.74, 6) is 5.55. The monoisotopic (exact) mass is 942 g/mol. The second kappa shape index (κ2) is 35.1. The smallest absolute Gasteiger partial charge is 0.330 e. The van der Waals surface area contributed by atoms with Crippen molar-refractivity contribution in [2.75, 3.05) is 53.9 Å². The fourth-order valence-electron chi connectivity index (χ4n) is 7.57. The number of aldehydes is 2. The summed E-state index contributed by atoms with van der Waals surface area (Å²) in [4.78, 5) is 43.3. The summed E-state index contributed by atoms with van der Waals surface area (Å²) in [7, 11) is 3.28. The van der Waals surface area contributed by atoms with Crippen LogP contribution in [0.5, 0.6) is 34.5 Å². The molecule has 68 heavy (non-hydrogen) atoms. The summed E-state index contributed by atoms with van der Waals surface area (Å²) in [6, 6.07) is 20.8. The van der Waals surface area contributed by atoms with Crippen molar-refractivity contribution in [1.82, 2.24) is 0 Å². The van der Waals surface area contributed by atoms with Crippen LogP contribution in [0.1, 0.15) is 108 Å². The fraction of sp³-hybridized carbons (Fsp3) is 0.509. The third-order valence-corrected chi connectivity index (χ3v) is 11.8. The van der Waals surface area contributed by atoms with E-state index in [2.05, 4.69) is 13.2 Å². The van der Waals surface area contributed by atoms with E-state index in [0.29, 0.717) is 57.2 Å². The lowest BCUT2D eigenvalue weighted by atomic mass is 9.83. The van der Waals surface area contributed by atoms with Gasteiger partial charge in [0.1, 0.15) is 47.1 Å². The molecule has 2 saturated carbocycles. The molecule has 0 aromatic heterocycles. The standard InChI is InChI=1S/C23H31NO4.2C16H22O4/c24-12-21-11-22(27-15-19-5-1-17(13-25)2-6-19)9-10-23(21)28-16-20-7-3-18(14-26)4-8-20;2*1-3-16(17)20-13-7-5-4-6-12-19-15-10-8-14(18-2)9-11-15/h9-14,17-20,24H,1-8,15-16H2;2*3,8-11H,1,4-7,12-13H2,2H3. The van der Waals surface area contributed by atoms with Crippen LogP contribution in [0.3, 0.4) is 0 Å². The summed E-state index contributed by atoms with van der Waals surface area (Å²) in [6.45, 7) is 10.3. The molecule has 2 fully saturated rings. The van der Waals surface area contributed by atoms with Crippen molar-refractivity contribution in [2.45, 2.75) is 103 Å². The van der Waals surface area contributed by atoms with E-state index in [4.69, 9.17) is 43.3 Å². The maximum Gasteiger partial charge on any atom is 0.330 e. The number of carbonyl (C=O) groups excluding carboxylic acids is 4. The summed E-state index contributed by atoms with van der Waals surface area (Å²) < 4.78 is 43.1. The minimum Gasteiger partial charge on any atom is -0.497 e. The first-order valence-electron chi connectivity index (χ1n) is 24.2. The molecule has 0 bridgehead atoms. The highest BCUT2D eigenvalue weighted by atomic mass is 16.5. The van der Waals surface area contributed by atoms with Crippen molar-refractivity contribution in [2.24, 2.45) is 23.7 Å². The molecule has 1 N–H and O–H groups in total.